The SMILES string of the molecule is O=C1CCc2ccccc2N1CNC1CCCN(C(=O)Cc2cccnc2)C1c1ccccc1. The smallest absolute Gasteiger partial charge is 0.228 e. The van der Waals surface area contributed by atoms with Gasteiger partial charge in [0.05, 0.1) is 19.1 Å². The molecule has 2 aliphatic heterocycles. The number of anilines is 1. The van der Waals surface area contributed by atoms with Crippen LogP contribution < -0.4 is 10.2 Å². The lowest BCUT2D eigenvalue weighted by atomic mass is 9.89. The maximum Gasteiger partial charge on any atom is 0.228 e. The van der Waals surface area contributed by atoms with E-state index < -0.39 is 0 Å². The number of fused-ring (bicyclic) bond motifs is 1. The largest absolute Gasteiger partial charge is 0.334 e. The first kappa shape index (κ1) is 22.3. The molecule has 0 saturated carbocycles. The Kier molecular flexibility index (Phi) is 6.67. The van der Waals surface area contributed by atoms with E-state index in [2.05, 4.69) is 28.5 Å². The van der Waals surface area contributed by atoms with E-state index in [0.29, 0.717) is 19.5 Å². The number of amides is 2. The number of aromatic nitrogens is 1. The van der Waals surface area contributed by atoms with E-state index in [1.54, 1.807) is 12.4 Å². The standard InChI is InChI=1S/C28H30N4O2/c33-26-15-14-22-9-4-5-13-25(22)32(26)20-30-24-12-7-17-31(28(24)23-10-2-1-3-11-23)27(34)18-21-8-6-16-29-19-21/h1-6,8-11,13,16,19,24,28,30H,7,12,14-15,17-18,20H2. The quantitative estimate of drug-likeness (QED) is 0.614. The predicted octanol–water partition coefficient (Wildman–Crippen LogP) is 3.88. The zero-order valence-corrected chi connectivity index (χ0v) is 19.3. The number of carbonyl (C=O) groups is 2. The summed E-state index contributed by atoms with van der Waals surface area (Å²) < 4.78 is 0. The highest BCUT2D eigenvalue weighted by Gasteiger charge is 2.36. The van der Waals surface area contributed by atoms with Gasteiger partial charge in [-0.05, 0) is 48.1 Å². The third-order valence-electron chi connectivity index (χ3n) is 6.87. The fourth-order valence-electron chi connectivity index (χ4n) is 5.21. The van der Waals surface area contributed by atoms with Crippen molar-refractivity contribution < 1.29 is 9.59 Å². The van der Waals surface area contributed by atoms with Crippen molar-refractivity contribution in [3.05, 3.63) is 95.8 Å². The second-order valence-corrected chi connectivity index (χ2v) is 9.04. The van der Waals surface area contributed by atoms with E-state index in [9.17, 15) is 9.59 Å². The molecule has 2 atom stereocenters. The van der Waals surface area contributed by atoms with Gasteiger partial charge in [-0.3, -0.25) is 24.8 Å². The van der Waals surface area contributed by atoms with Crippen molar-refractivity contribution >= 4 is 17.5 Å². The molecule has 1 aromatic heterocycles. The number of hydrogen-bond acceptors (Lipinski definition) is 4. The number of likely N-dealkylation sites (tertiary alicyclic amines) is 1. The summed E-state index contributed by atoms with van der Waals surface area (Å²) in [6, 6.07) is 22.1. The van der Waals surface area contributed by atoms with Gasteiger partial charge >= 0.3 is 0 Å². The van der Waals surface area contributed by atoms with Crippen LogP contribution >= 0.6 is 0 Å². The van der Waals surface area contributed by atoms with Crippen molar-refractivity contribution in [1.82, 2.24) is 15.2 Å². The third-order valence-corrected chi connectivity index (χ3v) is 6.87. The molecule has 34 heavy (non-hydrogen) atoms. The molecule has 1 saturated heterocycles. The number of pyridine rings is 1. The summed E-state index contributed by atoms with van der Waals surface area (Å²) >= 11 is 0. The Morgan fingerprint density at radius 3 is 2.65 bits per heavy atom. The number of carbonyl (C=O) groups excluding carboxylic acids is 2. The first-order valence-corrected chi connectivity index (χ1v) is 12.1. The van der Waals surface area contributed by atoms with E-state index in [4.69, 9.17) is 0 Å². The van der Waals surface area contributed by atoms with Crippen molar-refractivity contribution in [3.63, 3.8) is 0 Å². The van der Waals surface area contributed by atoms with Crippen molar-refractivity contribution in [1.29, 1.82) is 0 Å². The highest BCUT2D eigenvalue weighted by atomic mass is 16.2. The molecule has 6 nitrogen and oxygen atoms in total. The molecule has 2 unspecified atom stereocenters. The molecule has 0 bridgehead atoms. The van der Waals surface area contributed by atoms with E-state index in [-0.39, 0.29) is 23.9 Å². The molecule has 2 aromatic carbocycles. The molecule has 2 aliphatic rings. The van der Waals surface area contributed by atoms with Gasteiger partial charge in [-0.25, -0.2) is 0 Å². The summed E-state index contributed by atoms with van der Waals surface area (Å²) in [5.74, 6) is 0.246. The van der Waals surface area contributed by atoms with Crippen molar-refractivity contribution in [2.24, 2.45) is 0 Å². The topological polar surface area (TPSA) is 65.5 Å². The summed E-state index contributed by atoms with van der Waals surface area (Å²) in [5, 5.41) is 3.66. The van der Waals surface area contributed by atoms with Crippen molar-refractivity contribution in [2.75, 3.05) is 18.1 Å². The van der Waals surface area contributed by atoms with Gasteiger partial charge in [0.1, 0.15) is 0 Å². The lowest BCUT2D eigenvalue weighted by molar-refractivity contribution is -0.135. The Bertz CT molecular complexity index is 1140. The van der Waals surface area contributed by atoms with Gasteiger partial charge in [-0.2, -0.15) is 0 Å². The monoisotopic (exact) mass is 454 g/mol. The molecule has 3 aromatic rings. The van der Waals surface area contributed by atoms with Gasteiger partial charge in [0, 0.05) is 37.1 Å². The molecule has 5 rings (SSSR count). The van der Waals surface area contributed by atoms with E-state index in [0.717, 1.165) is 42.6 Å². The summed E-state index contributed by atoms with van der Waals surface area (Å²) in [6.45, 7) is 1.16. The number of benzene rings is 2. The number of piperidine rings is 1. The van der Waals surface area contributed by atoms with Crippen molar-refractivity contribution in [2.45, 2.75) is 44.2 Å². The minimum atomic E-state index is -0.0887. The highest BCUT2D eigenvalue weighted by molar-refractivity contribution is 5.96. The molecular weight excluding hydrogens is 424 g/mol. The highest BCUT2D eigenvalue weighted by Crippen LogP contribution is 2.33. The molecule has 2 amide bonds. The maximum atomic E-state index is 13.4. The van der Waals surface area contributed by atoms with Gasteiger partial charge in [0.15, 0.2) is 0 Å². The van der Waals surface area contributed by atoms with Crippen molar-refractivity contribution in [3.8, 4) is 0 Å². The lowest BCUT2D eigenvalue weighted by Gasteiger charge is -2.43. The van der Waals surface area contributed by atoms with Crippen LogP contribution in [-0.4, -0.2) is 41.0 Å². The summed E-state index contributed by atoms with van der Waals surface area (Å²) in [6.07, 6.45) is 7.00. The Hall–Kier alpha value is -3.51. The zero-order chi connectivity index (χ0) is 23.3. The van der Waals surface area contributed by atoms with Crippen LogP contribution in [0.15, 0.2) is 79.1 Å². The minimum absolute atomic E-state index is 0.0517. The van der Waals surface area contributed by atoms with Gasteiger partial charge in [0.25, 0.3) is 0 Å². The van der Waals surface area contributed by atoms with E-state index >= 15 is 0 Å². The van der Waals surface area contributed by atoms with E-state index in [1.807, 2.05) is 58.3 Å². The number of nitrogens with one attached hydrogen (secondary N) is 1. The molecule has 0 radical (unpaired) electrons. The molecule has 1 N–H and O–H groups in total. The van der Waals surface area contributed by atoms with Gasteiger partial charge in [-0.15, -0.1) is 0 Å². The Morgan fingerprint density at radius 2 is 1.82 bits per heavy atom. The minimum Gasteiger partial charge on any atom is -0.334 e. The lowest BCUT2D eigenvalue weighted by Crippen LogP contribution is -2.54. The molecule has 1 fully saturated rings. The number of aryl methyl sites for hydroxylation is 1. The van der Waals surface area contributed by atoms with Crippen LogP contribution in [0.4, 0.5) is 5.69 Å². The molecular formula is C28H30N4O2. The summed E-state index contributed by atoms with van der Waals surface area (Å²) in [4.78, 5) is 34.2. The number of para-hydroxylation sites is 1. The Morgan fingerprint density at radius 1 is 1.00 bits per heavy atom. The van der Waals surface area contributed by atoms with Gasteiger partial charge in [-0.1, -0.05) is 54.6 Å². The van der Waals surface area contributed by atoms with Gasteiger partial charge in [0.2, 0.25) is 11.8 Å². The second kappa shape index (κ2) is 10.2. The summed E-state index contributed by atoms with van der Waals surface area (Å²) in [5.41, 5.74) is 4.23. The molecule has 0 aliphatic carbocycles. The van der Waals surface area contributed by atoms with Crippen LogP contribution in [0.2, 0.25) is 0 Å². The predicted molar refractivity (Wildman–Crippen MR) is 132 cm³/mol. The number of nitrogens with zero attached hydrogens (tertiary/aromatic N) is 3. The average molecular weight is 455 g/mol. The van der Waals surface area contributed by atoms with Gasteiger partial charge < -0.3 is 4.90 Å². The normalized spacial score (nSPS) is 20.2. The zero-order valence-electron chi connectivity index (χ0n) is 19.3. The molecule has 0 spiro atoms. The van der Waals surface area contributed by atoms with Crippen LogP contribution in [0.5, 0.6) is 0 Å². The maximum absolute atomic E-state index is 13.4. The molecule has 3 heterocycles. The Labute approximate surface area is 200 Å². The van der Waals surface area contributed by atoms with Crippen LogP contribution in [0, 0.1) is 0 Å². The summed E-state index contributed by atoms with van der Waals surface area (Å²) in [7, 11) is 0. The molecule has 174 valence electrons. The van der Waals surface area contributed by atoms with E-state index in [1.165, 1.54) is 5.56 Å². The number of hydrogen-bond donors (Lipinski definition) is 1. The fraction of sp³-hybridized carbons (Fsp3) is 0.321. The molecule has 6 heteroatoms. The van der Waals surface area contributed by atoms with Crippen LogP contribution in [0.25, 0.3) is 0 Å². The van der Waals surface area contributed by atoms with Crippen LogP contribution in [0.1, 0.15) is 42.0 Å². The van der Waals surface area contributed by atoms with Crippen LogP contribution in [0.3, 0.4) is 0 Å². The third kappa shape index (κ3) is 4.73. The number of rotatable bonds is 6. The first-order valence-electron chi connectivity index (χ1n) is 12.1. The Balaban J connectivity index is 1.37. The second-order valence-electron chi connectivity index (χ2n) is 9.04. The van der Waals surface area contributed by atoms with Crippen LogP contribution in [-0.2, 0) is 22.4 Å². The fourth-order valence-corrected chi connectivity index (χ4v) is 5.21. The average Bonchev–Trinajstić information content (AvgIpc) is 2.89. The first-order chi connectivity index (χ1) is 16.7.